The molecule has 0 saturated heterocycles. The van der Waals surface area contributed by atoms with E-state index < -0.39 is 0 Å². The Morgan fingerprint density at radius 3 is 2.25 bits per heavy atom. The summed E-state index contributed by atoms with van der Waals surface area (Å²) in [5.74, 6) is 2.87. The zero-order chi connectivity index (χ0) is 14.6. The first-order valence-corrected chi connectivity index (χ1v) is 9.31. The third kappa shape index (κ3) is 3.78. The lowest BCUT2D eigenvalue weighted by atomic mass is 9.61. The minimum absolute atomic E-state index is 0.548. The molecule has 1 heteroatoms. The Labute approximate surface area is 127 Å². The van der Waals surface area contributed by atoms with Gasteiger partial charge in [-0.1, -0.05) is 59.8 Å². The normalized spacial score (nSPS) is 35.7. The van der Waals surface area contributed by atoms with Gasteiger partial charge in [0.25, 0.3) is 0 Å². The van der Waals surface area contributed by atoms with Crippen LogP contribution in [0.2, 0.25) is 0 Å². The topological polar surface area (TPSA) is 12.0 Å². The van der Waals surface area contributed by atoms with E-state index in [9.17, 15) is 0 Å². The van der Waals surface area contributed by atoms with Crippen molar-refractivity contribution < 1.29 is 0 Å². The molecule has 2 fully saturated rings. The van der Waals surface area contributed by atoms with Gasteiger partial charge in [0.1, 0.15) is 0 Å². The number of hydrogen-bond acceptors (Lipinski definition) is 1. The lowest BCUT2D eigenvalue weighted by Gasteiger charge is -2.47. The molecule has 0 aromatic heterocycles. The molecule has 0 spiro atoms. The molecule has 2 aliphatic rings. The average Bonchev–Trinajstić information content (AvgIpc) is 2.45. The Balaban J connectivity index is 2.02. The van der Waals surface area contributed by atoms with Crippen LogP contribution in [0.15, 0.2) is 0 Å². The van der Waals surface area contributed by atoms with Gasteiger partial charge < -0.3 is 5.32 Å². The van der Waals surface area contributed by atoms with Crippen LogP contribution in [0.5, 0.6) is 0 Å². The summed E-state index contributed by atoms with van der Waals surface area (Å²) in [6.07, 6.45) is 13.1. The Bertz CT molecular complexity index is 275. The molecule has 2 atom stereocenters. The fourth-order valence-corrected chi connectivity index (χ4v) is 5.02. The highest BCUT2D eigenvalue weighted by Gasteiger charge is 2.40. The number of hydrogen-bond donors (Lipinski definition) is 1. The van der Waals surface area contributed by atoms with Crippen molar-refractivity contribution in [2.75, 3.05) is 6.54 Å². The highest BCUT2D eigenvalue weighted by atomic mass is 14.9. The van der Waals surface area contributed by atoms with Crippen molar-refractivity contribution in [2.45, 2.75) is 91.5 Å². The maximum Gasteiger partial charge on any atom is 0.0129 e. The van der Waals surface area contributed by atoms with Gasteiger partial charge in [0, 0.05) is 6.04 Å². The second kappa shape index (κ2) is 7.29. The first kappa shape index (κ1) is 16.3. The van der Waals surface area contributed by atoms with Crippen molar-refractivity contribution in [1.29, 1.82) is 0 Å². The van der Waals surface area contributed by atoms with E-state index >= 15 is 0 Å². The quantitative estimate of drug-likeness (QED) is 0.710. The lowest BCUT2D eigenvalue weighted by Crippen LogP contribution is -2.49. The predicted molar refractivity (Wildman–Crippen MR) is 88.9 cm³/mol. The number of rotatable bonds is 5. The van der Waals surface area contributed by atoms with Crippen molar-refractivity contribution in [1.82, 2.24) is 5.32 Å². The summed E-state index contributed by atoms with van der Waals surface area (Å²) in [5, 5.41) is 3.91. The molecule has 2 unspecified atom stereocenters. The number of nitrogens with one attached hydrogen (secondary N) is 1. The molecule has 0 aromatic rings. The maximum absolute atomic E-state index is 3.91. The van der Waals surface area contributed by atoms with E-state index in [4.69, 9.17) is 0 Å². The van der Waals surface area contributed by atoms with Crippen LogP contribution in [0.4, 0.5) is 0 Å². The second-order valence-electron chi connectivity index (χ2n) is 8.11. The zero-order valence-electron chi connectivity index (χ0n) is 14.4. The SMILES string of the molecule is CCNC(C1CCC(CC)CC1)C1CCCCC1(C)C. The van der Waals surface area contributed by atoms with Gasteiger partial charge >= 0.3 is 0 Å². The Kier molecular flexibility index (Phi) is 5.95. The molecule has 0 amide bonds. The molecule has 20 heavy (non-hydrogen) atoms. The van der Waals surface area contributed by atoms with Crippen LogP contribution >= 0.6 is 0 Å². The molecular formula is C19H37N. The van der Waals surface area contributed by atoms with Crippen molar-refractivity contribution in [3.8, 4) is 0 Å². The van der Waals surface area contributed by atoms with Crippen molar-refractivity contribution in [3.05, 3.63) is 0 Å². The van der Waals surface area contributed by atoms with E-state index in [0.717, 1.165) is 30.3 Å². The van der Waals surface area contributed by atoms with Crippen LogP contribution in [0.25, 0.3) is 0 Å². The maximum atomic E-state index is 3.91. The van der Waals surface area contributed by atoms with Gasteiger partial charge in [0.15, 0.2) is 0 Å². The summed E-state index contributed by atoms with van der Waals surface area (Å²) in [6, 6.07) is 0.785. The minimum Gasteiger partial charge on any atom is -0.314 e. The molecule has 0 aliphatic heterocycles. The lowest BCUT2D eigenvalue weighted by molar-refractivity contribution is 0.0581. The van der Waals surface area contributed by atoms with Crippen molar-refractivity contribution in [3.63, 3.8) is 0 Å². The molecular weight excluding hydrogens is 242 g/mol. The van der Waals surface area contributed by atoms with Gasteiger partial charge in [-0.3, -0.25) is 0 Å². The third-order valence-electron chi connectivity index (χ3n) is 6.44. The summed E-state index contributed by atoms with van der Waals surface area (Å²) in [4.78, 5) is 0. The molecule has 0 heterocycles. The third-order valence-corrected chi connectivity index (χ3v) is 6.44. The molecule has 1 N–H and O–H groups in total. The summed E-state index contributed by atoms with van der Waals surface area (Å²) in [6.45, 7) is 10.9. The van der Waals surface area contributed by atoms with Crippen LogP contribution in [0.3, 0.4) is 0 Å². The van der Waals surface area contributed by atoms with Crippen molar-refractivity contribution in [2.24, 2.45) is 23.2 Å². The van der Waals surface area contributed by atoms with Crippen molar-refractivity contribution >= 4 is 0 Å². The fourth-order valence-electron chi connectivity index (χ4n) is 5.02. The smallest absolute Gasteiger partial charge is 0.0129 e. The first-order chi connectivity index (χ1) is 9.58. The summed E-state index contributed by atoms with van der Waals surface area (Å²) >= 11 is 0. The molecule has 0 aromatic carbocycles. The van der Waals surface area contributed by atoms with Gasteiger partial charge in [0.2, 0.25) is 0 Å². The molecule has 0 radical (unpaired) electrons. The Morgan fingerprint density at radius 2 is 1.70 bits per heavy atom. The van der Waals surface area contributed by atoms with Crippen LogP contribution in [-0.4, -0.2) is 12.6 Å². The first-order valence-electron chi connectivity index (χ1n) is 9.31. The zero-order valence-corrected chi connectivity index (χ0v) is 14.4. The molecule has 2 rings (SSSR count). The molecule has 2 aliphatic carbocycles. The summed E-state index contributed by atoms with van der Waals surface area (Å²) < 4.78 is 0. The Morgan fingerprint density at radius 1 is 1.00 bits per heavy atom. The Hall–Kier alpha value is -0.0400. The van der Waals surface area contributed by atoms with Gasteiger partial charge in [-0.05, 0) is 55.4 Å². The van der Waals surface area contributed by atoms with Crippen LogP contribution in [-0.2, 0) is 0 Å². The molecule has 118 valence electrons. The second-order valence-corrected chi connectivity index (χ2v) is 8.11. The molecule has 0 bridgehead atoms. The van der Waals surface area contributed by atoms with Crippen LogP contribution < -0.4 is 5.32 Å². The van der Waals surface area contributed by atoms with E-state index in [1.54, 1.807) is 0 Å². The minimum atomic E-state index is 0.548. The molecule has 1 nitrogen and oxygen atoms in total. The fraction of sp³-hybridized carbons (Fsp3) is 1.00. The van der Waals surface area contributed by atoms with E-state index in [0.29, 0.717) is 5.41 Å². The van der Waals surface area contributed by atoms with Gasteiger partial charge in [0.05, 0.1) is 0 Å². The average molecular weight is 280 g/mol. The largest absolute Gasteiger partial charge is 0.314 e. The van der Waals surface area contributed by atoms with E-state index in [-0.39, 0.29) is 0 Å². The van der Waals surface area contributed by atoms with Gasteiger partial charge in [-0.15, -0.1) is 0 Å². The van der Waals surface area contributed by atoms with E-state index in [2.05, 4.69) is 33.0 Å². The van der Waals surface area contributed by atoms with E-state index in [1.165, 1.54) is 57.8 Å². The monoisotopic (exact) mass is 279 g/mol. The van der Waals surface area contributed by atoms with Gasteiger partial charge in [-0.25, -0.2) is 0 Å². The van der Waals surface area contributed by atoms with Crippen LogP contribution in [0, 0.1) is 23.2 Å². The highest BCUT2D eigenvalue weighted by Crippen LogP contribution is 2.46. The highest BCUT2D eigenvalue weighted by molar-refractivity contribution is 4.94. The molecule has 2 saturated carbocycles. The predicted octanol–water partition coefficient (Wildman–Crippen LogP) is 5.40. The van der Waals surface area contributed by atoms with E-state index in [1.807, 2.05) is 0 Å². The summed E-state index contributed by atoms with van der Waals surface area (Å²) in [5.41, 5.74) is 0.548. The summed E-state index contributed by atoms with van der Waals surface area (Å²) in [7, 11) is 0. The van der Waals surface area contributed by atoms with Crippen LogP contribution in [0.1, 0.15) is 85.5 Å². The standard InChI is InChI=1S/C19H37N/c1-5-15-10-12-16(13-11-15)18(20-6-2)17-9-7-8-14-19(17,3)4/h15-18,20H,5-14H2,1-4H3. The van der Waals surface area contributed by atoms with Gasteiger partial charge in [-0.2, -0.15) is 0 Å².